The molecule has 0 amide bonds. The smallest absolute Gasteiger partial charge is 0.122 e. The molecule has 0 unspecified atom stereocenters. The molecule has 0 saturated heterocycles. The predicted octanol–water partition coefficient (Wildman–Crippen LogP) is 2.94. The Balaban J connectivity index is 2.53. The van der Waals surface area contributed by atoms with Gasteiger partial charge in [-0.1, -0.05) is 45.9 Å². The van der Waals surface area contributed by atoms with Gasteiger partial charge >= 0.3 is 0 Å². The molecule has 0 fully saturated rings. The zero-order chi connectivity index (χ0) is 14.3. The van der Waals surface area contributed by atoms with Gasteiger partial charge in [-0.3, -0.25) is 0 Å². The first kappa shape index (κ1) is 16.0. The molecular weight excluding hydrogens is 238 g/mol. The van der Waals surface area contributed by atoms with Crippen LogP contribution in [0.3, 0.4) is 0 Å². The van der Waals surface area contributed by atoms with Crippen LogP contribution in [-0.2, 0) is 0 Å². The SMILES string of the molecule is CC[C@H](C)c1ccccc1OC[C@H](O)CNC(C)C. The van der Waals surface area contributed by atoms with Gasteiger partial charge in [-0.2, -0.15) is 0 Å². The van der Waals surface area contributed by atoms with Crippen LogP contribution in [0.2, 0.25) is 0 Å². The van der Waals surface area contributed by atoms with Gasteiger partial charge in [-0.25, -0.2) is 0 Å². The van der Waals surface area contributed by atoms with Gasteiger partial charge in [0, 0.05) is 12.6 Å². The number of hydrogen-bond donors (Lipinski definition) is 2. The lowest BCUT2D eigenvalue weighted by atomic mass is 9.98. The topological polar surface area (TPSA) is 41.5 Å². The first-order valence-electron chi connectivity index (χ1n) is 7.17. The van der Waals surface area contributed by atoms with E-state index in [9.17, 15) is 5.11 Å². The molecule has 0 radical (unpaired) electrons. The number of para-hydroxylation sites is 1. The second-order valence-electron chi connectivity index (χ2n) is 5.37. The molecule has 19 heavy (non-hydrogen) atoms. The highest BCUT2D eigenvalue weighted by Gasteiger charge is 2.11. The molecule has 1 aromatic rings. The van der Waals surface area contributed by atoms with Crippen LogP contribution in [0.4, 0.5) is 0 Å². The lowest BCUT2D eigenvalue weighted by molar-refractivity contribution is 0.104. The second kappa shape index (κ2) is 8.18. The van der Waals surface area contributed by atoms with Crippen LogP contribution in [0, 0.1) is 0 Å². The fraction of sp³-hybridized carbons (Fsp3) is 0.625. The molecule has 1 rings (SSSR count). The highest BCUT2D eigenvalue weighted by molar-refractivity contribution is 5.35. The summed E-state index contributed by atoms with van der Waals surface area (Å²) < 4.78 is 5.76. The van der Waals surface area contributed by atoms with Gasteiger partial charge in [0.1, 0.15) is 18.5 Å². The Bertz CT molecular complexity index is 366. The average Bonchev–Trinajstić information content (AvgIpc) is 2.42. The standard InChI is InChI=1S/C16H27NO2/c1-5-13(4)15-8-6-7-9-16(15)19-11-14(18)10-17-12(2)3/h6-9,12-14,17-18H,5,10-11H2,1-4H3/t13-,14+/m0/s1. The molecule has 3 heteroatoms. The summed E-state index contributed by atoms with van der Waals surface area (Å²) in [6.45, 7) is 9.37. The fourth-order valence-corrected chi connectivity index (χ4v) is 1.86. The third-order valence-electron chi connectivity index (χ3n) is 3.26. The Morgan fingerprint density at radius 2 is 1.89 bits per heavy atom. The number of ether oxygens (including phenoxy) is 1. The van der Waals surface area contributed by atoms with Crippen molar-refractivity contribution in [2.75, 3.05) is 13.2 Å². The number of hydrogen-bond acceptors (Lipinski definition) is 3. The monoisotopic (exact) mass is 265 g/mol. The molecule has 0 spiro atoms. The van der Waals surface area contributed by atoms with Crippen LogP contribution in [0.25, 0.3) is 0 Å². The Labute approximate surface area is 117 Å². The maximum atomic E-state index is 9.86. The maximum absolute atomic E-state index is 9.86. The van der Waals surface area contributed by atoms with Crippen LogP contribution in [0.1, 0.15) is 45.6 Å². The van der Waals surface area contributed by atoms with Crippen molar-refractivity contribution in [1.29, 1.82) is 0 Å². The third kappa shape index (κ3) is 5.62. The van der Waals surface area contributed by atoms with E-state index in [4.69, 9.17) is 4.74 Å². The van der Waals surface area contributed by atoms with E-state index in [0.29, 0.717) is 25.1 Å². The molecule has 2 N–H and O–H groups in total. The molecule has 0 aromatic heterocycles. The normalized spacial score (nSPS) is 14.4. The molecule has 0 bridgehead atoms. The molecule has 0 saturated carbocycles. The van der Waals surface area contributed by atoms with Crippen molar-refractivity contribution in [2.45, 2.75) is 52.2 Å². The van der Waals surface area contributed by atoms with E-state index in [-0.39, 0.29) is 0 Å². The van der Waals surface area contributed by atoms with Crippen molar-refractivity contribution < 1.29 is 9.84 Å². The average molecular weight is 265 g/mol. The minimum Gasteiger partial charge on any atom is -0.491 e. The van der Waals surface area contributed by atoms with E-state index >= 15 is 0 Å². The van der Waals surface area contributed by atoms with Crippen LogP contribution in [-0.4, -0.2) is 30.4 Å². The molecule has 0 aliphatic rings. The Morgan fingerprint density at radius 3 is 2.53 bits per heavy atom. The Morgan fingerprint density at radius 1 is 1.21 bits per heavy atom. The molecule has 0 aliphatic heterocycles. The summed E-state index contributed by atoms with van der Waals surface area (Å²) in [7, 11) is 0. The van der Waals surface area contributed by atoms with E-state index in [2.05, 4.69) is 39.1 Å². The lowest BCUT2D eigenvalue weighted by Gasteiger charge is -2.18. The van der Waals surface area contributed by atoms with Gasteiger partial charge < -0.3 is 15.2 Å². The van der Waals surface area contributed by atoms with Crippen molar-refractivity contribution in [3.8, 4) is 5.75 Å². The molecular formula is C16H27NO2. The van der Waals surface area contributed by atoms with Crippen molar-refractivity contribution in [3.05, 3.63) is 29.8 Å². The van der Waals surface area contributed by atoms with Crippen LogP contribution < -0.4 is 10.1 Å². The maximum Gasteiger partial charge on any atom is 0.122 e. The van der Waals surface area contributed by atoms with E-state index < -0.39 is 6.10 Å². The molecule has 0 heterocycles. The molecule has 2 atom stereocenters. The number of aliphatic hydroxyl groups excluding tert-OH is 1. The summed E-state index contributed by atoms with van der Waals surface area (Å²) in [5.41, 5.74) is 1.22. The van der Waals surface area contributed by atoms with E-state index in [1.165, 1.54) is 5.56 Å². The van der Waals surface area contributed by atoms with Crippen LogP contribution in [0.5, 0.6) is 5.75 Å². The predicted molar refractivity (Wildman–Crippen MR) is 79.8 cm³/mol. The minimum atomic E-state index is -0.479. The largest absolute Gasteiger partial charge is 0.491 e. The summed E-state index contributed by atoms with van der Waals surface area (Å²) in [6.07, 6.45) is 0.602. The number of rotatable bonds is 8. The van der Waals surface area contributed by atoms with Crippen molar-refractivity contribution in [3.63, 3.8) is 0 Å². The van der Waals surface area contributed by atoms with E-state index in [1.807, 2.05) is 18.2 Å². The molecule has 108 valence electrons. The number of aliphatic hydroxyl groups is 1. The van der Waals surface area contributed by atoms with Crippen LogP contribution >= 0.6 is 0 Å². The molecule has 3 nitrogen and oxygen atoms in total. The zero-order valence-corrected chi connectivity index (χ0v) is 12.5. The lowest BCUT2D eigenvalue weighted by Crippen LogP contribution is -2.35. The number of nitrogens with one attached hydrogen (secondary N) is 1. The van der Waals surface area contributed by atoms with Gasteiger partial charge in [0.15, 0.2) is 0 Å². The fourth-order valence-electron chi connectivity index (χ4n) is 1.86. The summed E-state index contributed by atoms with van der Waals surface area (Å²) in [5.74, 6) is 1.36. The molecule has 1 aromatic carbocycles. The van der Waals surface area contributed by atoms with Gasteiger partial charge in [-0.05, 0) is 24.0 Å². The van der Waals surface area contributed by atoms with Crippen molar-refractivity contribution in [2.24, 2.45) is 0 Å². The van der Waals surface area contributed by atoms with Gasteiger partial charge in [0.25, 0.3) is 0 Å². The highest BCUT2D eigenvalue weighted by atomic mass is 16.5. The number of benzene rings is 1. The summed E-state index contributed by atoms with van der Waals surface area (Å²) in [6, 6.07) is 8.46. The Hall–Kier alpha value is -1.06. The highest BCUT2D eigenvalue weighted by Crippen LogP contribution is 2.28. The quantitative estimate of drug-likeness (QED) is 0.759. The first-order valence-corrected chi connectivity index (χ1v) is 7.17. The van der Waals surface area contributed by atoms with Crippen molar-refractivity contribution >= 4 is 0 Å². The van der Waals surface area contributed by atoms with E-state index in [1.54, 1.807) is 0 Å². The third-order valence-corrected chi connectivity index (χ3v) is 3.26. The van der Waals surface area contributed by atoms with Crippen molar-refractivity contribution in [1.82, 2.24) is 5.32 Å². The van der Waals surface area contributed by atoms with Gasteiger partial charge in [0.2, 0.25) is 0 Å². The van der Waals surface area contributed by atoms with E-state index in [0.717, 1.165) is 12.2 Å². The summed E-state index contributed by atoms with van der Waals surface area (Å²) in [5, 5.41) is 13.1. The zero-order valence-electron chi connectivity index (χ0n) is 12.5. The van der Waals surface area contributed by atoms with Gasteiger partial charge in [0.05, 0.1) is 0 Å². The van der Waals surface area contributed by atoms with Gasteiger partial charge in [-0.15, -0.1) is 0 Å². The Kier molecular flexibility index (Phi) is 6.89. The molecule has 0 aliphatic carbocycles. The first-order chi connectivity index (χ1) is 9.04. The van der Waals surface area contributed by atoms with Crippen LogP contribution in [0.15, 0.2) is 24.3 Å². The summed E-state index contributed by atoms with van der Waals surface area (Å²) in [4.78, 5) is 0. The minimum absolute atomic E-state index is 0.327. The second-order valence-corrected chi connectivity index (χ2v) is 5.37. The summed E-state index contributed by atoms with van der Waals surface area (Å²) >= 11 is 0.